The third-order valence-corrected chi connectivity index (χ3v) is 2.59. The van der Waals surface area contributed by atoms with E-state index >= 15 is 0 Å². The molecule has 2 N–H and O–H groups in total. The zero-order chi connectivity index (χ0) is 15.1. The summed E-state index contributed by atoms with van der Waals surface area (Å²) in [6.45, 7) is 0.0128. The molecule has 0 unspecified atom stereocenters. The summed E-state index contributed by atoms with van der Waals surface area (Å²) in [5.41, 5.74) is 1.37. The number of nitrogens with zero attached hydrogens (tertiary/aromatic N) is 1. The predicted octanol–water partition coefficient (Wildman–Crippen LogP) is 1.67. The van der Waals surface area contributed by atoms with E-state index in [0.717, 1.165) is 0 Å². The summed E-state index contributed by atoms with van der Waals surface area (Å²) >= 11 is 0. The van der Waals surface area contributed by atoms with E-state index in [0.29, 0.717) is 23.4 Å². The van der Waals surface area contributed by atoms with Gasteiger partial charge in [-0.05, 0) is 18.2 Å². The zero-order valence-electron chi connectivity index (χ0n) is 11.4. The third-order valence-electron chi connectivity index (χ3n) is 2.59. The molecule has 0 aliphatic carbocycles. The number of hydrogen-bond acceptors (Lipinski definition) is 5. The highest BCUT2D eigenvalue weighted by atomic mass is 16.5. The predicted molar refractivity (Wildman–Crippen MR) is 76.0 cm³/mol. The average molecular weight is 286 g/mol. The second kappa shape index (κ2) is 7.12. The molecular weight excluding hydrogens is 272 g/mol. The molecule has 0 saturated carbocycles. The fourth-order valence-corrected chi connectivity index (χ4v) is 1.62. The van der Waals surface area contributed by atoms with Gasteiger partial charge in [0.2, 0.25) is 0 Å². The Morgan fingerprint density at radius 3 is 3.00 bits per heavy atom. The van der Waals surface area contributed by atoms with Gasteiger partial charge in [0.05, 0.1) is 19.4 Å². The molecule has 1 amide bonds. The maximum Gasteiger partial charge on any atom is 0.277 e. The maximum absolute atomic E-state index is 12.0. The van der Waals surface area contributed by atoms with Crippen LogP contribution in [0.5, 0.6) is 5.75 Å². The molecule has 0 radical (unpaired) electrons. The minimum atomic E-state index is -0.400. The fourth-order valence-electron chi connectivity index (χ4n) is 1.62. The highest BCUT2D eigenvalue weighted by molar-refractivity contribution is 6.03. The van der Waals surface area contributed by atoms with Crippen LogP contribution in [0.15, 0.2) is 35.1 Å². The van der Waals surface area contributed by atoms with Crippen LogP contribution in [0.25, 0.3) is 0 Å². The number of nitrogens with one attached hydrogen (secondary N) is 1. The van der Waals surface area contributed by atoms with Crippen molar-refractivity contribution in [3.05, 3.63) is 41.8 Å². The summed E-state index contributed by atoms with van der Waals surface area (Å²) in [6.07, 6.45) is 1.72. The van der Waals surface area contributed by atoms with Gasteiger partial charge in [-0.2, -0.15) is 0 Å². The van der Waals surface area contributed by atoms with Gasteiger partial charge in [0, 0.05) is 18.1 Å². The lowest BCUT2D eigenvalue weighted by Crippen LogP contribution is -2.13. The number of aliphatic hydroxyl groups is 1. The quantitative estimate of drug-likeness (QED) is 0.835. The molecule has 0 spiro atoms. The van der Waals surface area contributed by atoms with Crippen molar-refractivity contribution in [1.82, 2.24) is 5.16 Å². The highest BCUT2D eigenvalue weighted by Crippen LogP contribution is 2.25. The van der Waals surface area contributed by atoms with Gasteiger partial charge in [-0.3, -0.25) is 4.79 Å². The van der Waals surface area contributed by atoms with E-state index in [4.69, 9.17) is 9.84 Å². The van der Waals surface area contributed by atoms with E-state index in [1.54, 1.807) is 18.2 Å². The van der Waals surface area contributed by atoms with Crippen LogP contribution in [-0.2, 0) is 0 Å². The SMILES string of the molecule is COc1ccc(C#CCCO)cc1NC(=O)c1ccon1. The van der Waals surface area contributed by atoms with Gasteiger partial charge in [-0.25, -0.2) is 0 Å². The van der Waals surface area contributed by atoms with Crippen LogP contribution in [0.4, 0.5) is 5.69 Å². The first-order valence-electron chi connectivity index (χ1n) is 6.24. The molecule has 21 heavy (non-hydrogen) atoms. The van der Waals surface area contributed by atoms with Crippen LogP contribution in [0.2, 0.25) is 0 Å². The summed E-state index contributed by atoms with van der Waals surface area (Å²) in [7, 11) is 1.51. The summed E-state index contributed by atoms with van der Waals surface area (Å²) in [6, 6.07) is 6.64. The standard InChI is InChI=1S/C15H14N2O4/c1-20-14-6-5-11(4-2-3-8-18)10-13(14)16-15(19)12-7-9-21-17-12/h5-7,9-10,18H,3,8H2,1H3,(H,16,19). The number of anilines is 1. The van der Waals surface area contributed by atoms with Crippen molar-refractivity contribution >= 4 is 11.6 Å². The molecule has 0 aliphatic rings. The molecule has 0 atom stereocenters. The molecule has 1 aromatic heterocycles. The first-order valence-corrected chi connectivity index (χ1v) is 6.24. The van der Waals surface area contributed by atoms with Crippen molar-refractivity contribution in [2.45, 2.75) is 6.42 Å². The Morgan fingerprint density at radius 2 is 2.33 bits per heavy atom. The number of benzene rings is 1. The van der Waals surface area contributed by atoms with Gasteiger partial charge < -0.3 is 19.7 Å². The molecule has 2 rings (SSSR count). The first-order chi connectivity index (χ1) is 10.2. The van der Waals surface area contributed by atoms with Crippen molar-refractivity contribution in [3.63, 3.8) is 0 Å². The Labute approximate surface area is 121 Å². The largest absolute Gasteiger partial charge is 0.495 e. The van der Waals surface area contributed by atoms with Crippen molar-refractivity contribution in [1.29, 1.82) is 0 Å². The average Bonchev–Trinajstić information content (AvgIpc) is 3.02. The van der Waals surface area contributed by atoms with Gasteiger partial charge >= 0.3 is 0 Å². The molecular formula is C15H14N2O4. The second-order valence-electron chi connectivity index (χ2n) is 4.03. The van der Waals surface area contributed by atoms with E-state index in [1.165, 1.54) is 19.4 Å². The number of rotatable bonds is 4. The highest BCUT2D eigenvalue weighted by Gasteiger charge is 2.12. The summed E-state index contributed by atoms with van der Waals surface area (Å²) in [5.74, 6) is 5.82. The van der Waals surface area contributed by atoms with Crippen molar-refractivity contribution in [3.8, 4) is 17.6 Å². The number of methoxy groups -OCH3 is 1. The second-order valence-corrected chi connectivity index (χ2v) is 4.03. The van der Waals surface area contributed by atoms with Crippen LogP contribution in [0, 0.1) is 11.8 Å². The monoisotopic (exact) mass is 286 g/mol. The molecule has 0 aliphatic heterocycles. The number of ether oxygens (including phenoxy) is 1. The molecule has 6 heteroatoms. The fraction of sp³-hybridized carbons (Fsp3) is 0.200. The summed E-state index contributed by atoms with van der Waals surface area (Å²) in [5, 5.41) is 15.0. The number of aliphatic hydroxyl groups excluding tert-OH is 1. The Kier molecular flexibility index (Phi) is 4.96. The molecule has 0 fully saturated rings. The van der Waals surface area contributed by atoms with E-state index < -0.39 is 5.91 Å². The maximum atomic E-state index is 12.0. The van der Waals surface area contributed by atoms with Crippen molar-refractivity contribution < 1.29 is 19.2 Å². The molecule has 1 heterocycles. The van der Waals surface area contributed by atoms with Crippen molar-refractivity contribution in [2.24, 2.45) is 0 Å². The Bertz CT molecular complexity index is 669. The van der Waals surface area contributed by atoms with E-state index in [9.17, 15) is 4.79 Å². The Balaban J connectivity index is 2.22. The summed E-state index contributed by atoms with van der Waals surface area (Å²) < 4.78 is 9.83. The Morgan fingerprint density at radius 1 is 1.48 bits per heavy atom. The van der Waals surface area contributed by atoms with Gasteiger partial charge in [-0.1, -0.05) is 17.0 Å². The molecule has 0 saturated heterocycles. The van der Waals surface area contributed by atoms with Crippen molar-refractivity contribution in [2.75, 3.05) is 19.0 Å². The lowest BCUT2D eigenvalue weighted by Gasteiger charge is -2.09. The number of hydrogen-bond donors (Lipinski definition) is 2. The molecule has 2 aromatic rings. The van der Waals surface area contributed by atoms with Crippen LogP contribution < -0.4 is 10.1 Å². The van der Waals surface area contributed by atoms with Gasteiger partial charge in [0.1, 0.15) is 12.0 Å². The lowest BCUT2D eigenvalue weighted by atomic mass is 10.1. The minimum Gasteiger partial charge on any atom is -0.495 e. The number of aromatic nitrogens is 1. The van der Waals surface area contributed by atoms with Crippen LogP contribution in [0.3, 0.4) is 0 Å². The minimum absolute atomic E-state index is 0.0128. The van der Waals surface area contributed by atoms with Gasteiger partial charge in [-0.15, -0.1) is 0 Å². The lowest BCUT2D eigenvalue weighted by molar-refractivity contribution is 0.101. The topological polar surface area (TPSA) is 84.6 Å². The number of carbonyl (C=O) groups excluding carboxylic acids is 1. The van der Waals surface area contributed by atoms with Gasteiger partial charge in [0.25, 0.3) is 5.91 Å². The number of carbonyl (C=O) groups is 1. The molecule has 108 valence electrons. The van der Waals surface area contributed by atoms with Gasteiger partial charge in [0.15, 0.2) is 5.69 Å². The third kappa shape index (κ3) is 3.84. The normalized spacial score (nSPS) is 9.62. The van der Waals surface area contributed by atoms with E-state index in [-0.39, 0.29) is 12.3 Å². The smallest absolute Gasteiger partial charge is 0.277 e. The zero-order valence-corrected chi connectivity index (χ0v) is 11.4. The Hall–Kier alpha value is -2.78. The first kappa shape index (κ1) is 14.6. The molecule has 1 aromatic carbocycles. The van der Waals surface area contributed by atoms with E-state index in [2.05, 4.69) is 26.8 Å². The van der Waals surface area contributed by atoms with Crippen LogP contribution in [-0.4, -0.2) is 29.9 Å². The van der Waals surface area contributed by atoms with Crippen LogP contribution in [0.1, 0.15) is 22.5 Å². The van der Waals surface area contributed by atoms with Crippen LogP contribution >= 0.6 is 0 Å². The molecule has 6 nitrogen and oxygen atoms in total. The van der Waals surface area contributed by atoms with E-state index in [1.807, 2.05) is 0 Å². The molecule has 0 bridgehead atoms. The number of amides is 1. The summed E-state index contributed by atoms with van der Waals surface area (Å²) in [4.78, 5) is 12.0.